The van der Waals surface area contributed by atoms with E-state index in [1.807, 2.05) is 0 Å². The van der Waals surface area contributed by atoms with Crippen molar-refractivity contribution in [1.29, 1.82) is 0 Å². The van der Waals surface area contributed by atoms with Crippen LogP contribution in [0, 0.1) is 0 Å². The van der Waals surface area contributed by atoms with Gasteiger partial charge in [0.1, 0.15) is 6.10 Å². The third-order valence-corrected chi connectivity index (χ3v) is 3.48. The Balaban J connectivity index is 3.46. The lowest BCUT2D eigenvalue weighted by molar-refractivity contribution is -0.255. The van der Waals surface area contributed by atoms with Crippen molar-refractivity contribution in [2.24, 2.45) is 0 Å². The molecule has 1 rings (SSSR count). The van der Waals surface area contributed by atoms with Crippen LogP contribution in [0.25, 0.3) is 0 Å². The standard InChI is InChI=1S/C16H22O11/c1-6(17)23-12-11(22)13(24-7(2)18)15(26-9(4)20)16(27-10(5)21)14(12)25-8(3)19/h11-16,22H,1-5H3/t11?,12-,13+,14-,15?,16?/m0/s1. The largest absolute Gasteiger partial charge is 0.455 e. The highest BCUT2D eigenvalue weighted by Gasteiger charge is 2.58. The molecule has 0 aliphatic heterocycles. The average molecular weight is 390 g/mol. The van der Waals surface area contributed by atoms with Gasteiger partial charge in [-0.3, -0.25) is 24.0 Å². The first-order valence-corrected chi connectivity index (χ1v) is 7.98. The summed E-state index contributed by atoms with van der Waals surface area (Å²) >= 11 is 0. The fourth-order valence-electron chi connectivity index (χ4n) is 2.77. The van der Waals surface area contributed by atoms with E-state index >= 15 is 0 Å². The molecule has 152 valence electrons. The smallest absolute Gasteiger partial charge is 0.303 e. The maximum absolute atomic E-state index is 11.5. The molecule has 1 aliphatic carbocycles. The van der Waals surface area contributed by atoms with Gasteiger partial charge < -0.3 is 28.8 Å². The molecule has 0 aromatic carbocycles. The van der Waals surface area contributed by atoms with Crippen molar-refractivity contribution in [2.45, 2.75) is 71.2 Å². The number of hydrogen-bond acceptors (Lipinski definition) is 11. The molecule has 11 nitrogen and oxygen atoms in total. The monoisotopic (exact) mass is 390 g/mol. The topological polar surface area (TPSA) is 152 Å². The van der Waals surface area contributed by atoms with Crippen molar-refractivity contribution >= 4 is 29.8 Å². The summed E-state index contributed by atoms with van der Waals surface area (Å²) in [6, 6.07) is 0. The Bertz CT molecular complexity index is 569. The first-order chi connectivity index (χ1) is 12.4. The summed E-state index contributed by atoms with van der Waals surface area (Å²) in [7, 11) is 0. The van der Waals surface area contributed by atoms with Gasteiger partial charge in [0.15, 0.2) is 30.5 Å². The molecule has 27 heavy (non-hydrogen) atoms. The van der Waals surface area contributed by atoms with Crippen LogP contribution in [-0.4, -0.2) is 71.6 Å². The molecule has 0 amide bonds. The van der Waals surface area contributed by atoms with Gasteiger partial charge in [-0.05, 0) is 0 Å². The third-order valence-electron chi connectivity index (χ3n) is 3.48. The Morgan fingerprint density at radius 1 is 0.481 bits per heavy atom. The number of ether oxygens (including phenoxy) is 5. The highest BCUT2D eigenvalue weighted by atomic mass is 16.7. The summed E-state index contributed by atoms with van der Waals surface area (Å²) in [6.45, 7) is 5.21. The summed E-state index contributed by atoms with van der Waals surface area (Å²) in [5, 5.41) is 10.6. The first kappa shape index (κ1) is 22.4. The van der Waals surface area contributed by atoms with Crippen LogP contribution in [0.3, 0.4) is 0 Å². The van der Waals surface area contributed by atoms with Crippen molar-refractivity contribution in [2.75, 3.05) is 0 Å². The van der Waals surface area contributed by atoms with Crippen LogP contribution in [0.2, 0.25) is 0 Å². The molecular formula is C16H22O11. The highest BCUT2D eigenvalue weighted by Crippen LogP contribution is 2.32. The van der Waals surface area contributed by atoms with E-state index < -0.39 is 66.5 Å². The van der Waals surface area contributed by atoms with Crippen molar-refractivity contribution in [3.05, 3.63) is 0 Å². The van der Waals surface area contributed by atoms with Gasteiger partial charge in [0.25, 0.3) is 0 Å². The van der Waals surface area contributed by atoms with Crippen molar-refractivity contribution in [3.8, 4) is 0 Å². The summed E-state index contributed by atoms with van der Waals surface area (Å²) in [6.07, 6.45) is -9.37. The summed E-state index contributed by atoms with van der Waals surface area (Å²) in [5.74, 6) is -4.20. The van der Waals surface area contributed by atoms with E-state index in [4.69, 9.17) is 23.7 Å². The fraction of sp³-hybridized carbons (Fsp3) is 0.688. The number of rotatable bonds is 5. The van der Waals surface area contributed by atoms with Gasteiger partial charge in [0.2, 0.25) is 0 Å². The molecule has 0 aromatic rings. The molecule has 0 spiro atoms. The number of aliphatic hydroxyl groups excluding tert-OH is 1. The Morgan fingerprint density at radius 2 is 0.667 bits per heavy atom. The quantitative estimate of drug-likeness (QED) is 0.455. The molecule has 0 aromatic heterocycles. The second kappa shape index (κ2) is 9.31. The van der Waals surface area contributed by atoms with Crippen molar-refractivity contribution in [1.82, 2.24) is 0 Å². The zero-order valence-electron chi connectivity index (χ0n) is 15.5. The zero-order valence-corrected chi connectivity index (χ0v) is 15.5. The lowest BCUT2D eigenvalue weighted by atomic mass is 9.84. The predicted molar refractivity (Wildman–Crippen MR) is 83.8 cm³/mol. The molecule has 11 heteroatoms. The predicted octanol–water partition coefficient (Wildman–Crippen LogP) is -0.981. The van der Waals surface area contributed by atoms with E-state index in [2.05, 4.69) is 0 Å². The van der Waals surface area contributed by atoms with E-state index in [1.165, 1.54) is 0 Å². The van der Waals surface area contributed by atoms with Crippen LogP contribution < -0.4 is 0 Å². The van der Waals surface area contributed by atoms with Crippen LogP contribution in [0.1, 0.15) is 34.6 Å². The minimum absolute atomic E-state index is 0.839. The minimum atomic E-state index is -1.74. The fourth-order valence-corrected chi connectivity index (χ4v) is 2.77. The number of carbonyl (C=O) groups is 5. The SMILES string of the molecule is CC(=O)OC1C(OC(C)=O)[C@@H](OC(C)=O)[C@@H](OC(C)=O)C(O)[C@H]1OC(C)=O. The van der Waals surface area contributed by atoms with Gasteiger partial charge in [-0.1, -0.05) is 0 Å². The highest BCUT2D eigenvalue weighted by molar-refractivity contribution is 5.70. The maximum atomic E-state index is 11.5. The molecule has 1 N–H and O–H groups in total. The van der Waals surface area contributed by atoms with Crippen molar-refractivity contribution in [3.63, 3.8) is 0 Å². The molecule has 0 radical (unpaired) electrons. The third kappa shape index (κ3) is 6.20. The zero-order chi connectivity index (χ0) is 20.9. The molecule has 0 heterocycles. The van der Waals surface area contributed by atoms with Crippen LogP contribution in [0.15, 0.2) is 0 Å². The lowest BCUT2D eigenvalue weighted by Gasteiger charge is -2.45. The number of hydrogen-bond donors (Lipinski definition) is 1. The lowest BCUT2D eigenvalue weighted by Crippen LogP contribution is -2.68. The molecule has 6 atom stereocenters. The maximum Gasteiger partial charge on any atom is 0.303 e. The number of aliphatic hydroxyl groups is 1. The van der Waals surface area contributed by atoms with E-state index in [1.54, 1.807) is 0 Å². The van der Waals surface area contributed by atoms with Crippen molar-refractivity contribution < 1.29 is 52.8 Å². The van der Waals surface area contributed by atoms with Crippen LogP contribution >= 0.6 is 0 Å². The minimum Gasteiger partial charge on any atom is -0.455 e. The van der Waals surface area contributed by atoms with Gasteiger partial charge in [-0.2, -0.15) is 0 Å². The number of carbonyl (C=O) groups excluding carboxylic acids is 5. The molecule has 0 bridgehead atoms. The molecule has 1 fully saturated rings. The molecule has 0 saturated heterocycles. The van der Waals surface area contributed by atoms with E-state index in [-0.39, 0.29) is 0 Å². The Labute approximate surface area is 154 Å². The van der Waals surface area contributed by atoms with Gasteiger partial charge in [0.05, 0.1) is 0 Å². The Kier molecular flexibility index (Phi) is 7.70. The van der Waals surface area contributed by atoms with Gasteiger partial charge in [-0.25, -0.2) is 0 Å². The molecule has 1 aliphatic rings. The molecule has 1 saturated carbocycles. The first-order valence-electron chi connectivity index (χ1n) is 7.98. The molecular weight excluding hydrogens is 368 g/mol. The molecule has 3 unspecified atom stereocenters. The summed E-state index contributed by atoms with van der Waals surface area (Å²) in [5.41, 5.74) is 0. The van der Waals surface area contributed by atoms with Gasteiger partial charge >= 0.3 is 29.8 Å². The average Bonchev–Trinajstić information content (AvgIpc) is 2.49. The van der Waals surface area contributed by atoms with E-state index in [9.17, 15) is 29.1 Å². The van der Waals surface area contributed by atoms with E-state index in [0.717, 1.165) is 34.6 Å². The summed E-state index contributed by atoms with van der Waals surface area (Å²) < 4.78 is 25.2. The van der Waals surface area contributed by atoms with Gasteiger partial charge in [-0.15, -0.1) is 0 Å². The Hall–Kier alpha value is -2.69. The Morgan fingerprint density at radius 3 is 0.889 bits per heavy atom. The van der Waals surface area contributed by atoms with Crippen LogP contribution in [-0.2, 0) is 47.7 Å². The van der Waals surface area contributed by atoms with E-state index in [0.29, 0.717) is 0 Å². The second-order valence-corrected chi connectivity index (χ2v) is 5.86. The second-order valence-electron chi connectivity index (χ2n) is 5.86. The van der Waals surface area contributed by atoms with Gasteiger partial charge in [0, 0.05) is 34.6 Å². The number of esters is 5. The summed E-state index contributed by atoms with van der Waals surface area (Å²) in [4.78, 5) is 57.4. The van der Waals surface area contributed by atoms with Crippen LogP contribution in [0.5, 0.6) is 0 Å². The van der Waals surface area contributed by atoms with Crippen LogP contribution in [0.4, 0.5) is 0 Å². The normalized spacial score (nSPS) is 29.9.